The molecule has 3 N–H and O–H groups in total. The van der Waals surface area contributed by atoms with Gasteiger partial charge in [0.15, 0.2) is 0 Å². The summed E-state index contributed by atoms with van der Waals surface area (Å²) in [4.78, 5) is 16.1. The molecule has 1 rings (SSSR count). The molecule has 5 nitrogen and oxygen atoms in total. The lowest BCUT2D eigenvalue weighted by Gasteiger charge is -2.30. The smallest absolute Gasteiger partial charge is 0.322 e. The van der Waals surface area contributed by atoms with E-state index in [0.29, 0.717) is 12.2 Å². The first-order chi connectivity index (χ1) is 8.93. The van der Waals surface area contributed by atoms with Gasteiger partial charge in [0, 0.05) is 30.5 Å². The second-order valence-electron chi connectivity index (χ2n) is 4.95. The highest BCUT2D eigenvalue weighted by molar-refractivity contribution is 5.90. The largest absolute Gasteiger partial charge is 0.399 e. The molecule has 1 atom stereocenters. The molecule has 0 aliphatic carbocycles. The van der Waals surface area contributed by atoms with Gasteiger partial charge in [0.2, 0.25) is 0 Å². The minimum Gasteiger partial charge on any atom is -0.399 e. The van der Waals surface area contributed by atoms with E-state index in [-0.39, 0.29) is 12.1 Å². The Bertz CT molecular complexity index is 420. The number of urea groups is 1. The van der Waals surface area contributed by atoms with Crippen LogP contribution >= 0.6 is 0 Å². The number of nitrogens with two attached hydrogens (primary N) is 1. The molecule has 0 fully saturated rings. The highest BCUT2D eigenvalue weighted by Gasteiger charge is 2.18. The second-order valence-corrected chi connectivity index (χ2v) is 4.95. The number of amides is 2. The fourth-order valence-corrected chi connectivity index (χ4v) is 2.09. The number of hydrogen-bond acceptors (Lipinski definition) is 3. The first kappa shape index (κ1) is 15.3. The van der Waals surface area contributed by atoms with E-state index in [2.05, 4.69) is 10.2 Å². The Morgan fingerprint density at radius 2 is 2.11 bits per heavy atom. The molecule has 1 aromatic carbocycles. The van der Waals surface area contributed by atoms with Crippen molar-refractivity contribution in [2.24, 2.45) is 0 Å². The number of hydrogen-bond donors (Lipinski definition) is 2. The summed E-state index contributed by atoms with van der Waals surface area (Å²) in [7, 11) is 4.00. The number of likely N-dealkylation sites (N-methyl/N-ethyl adjacent to an activating group) is 2. The van der Waals surface area contributed by atoms with Crippen LogP contribution < -0.4 is 11.1 Å². The molecule has 106 valence electrons. The number of nitrogen functional groups attached to an aromatic ring is 1. The van der Waals surface area contributed by atoms with Crippen LogP contribution in [0.2, 0.25) is 0 Å². The maximum atomic E-state index is 12.2. The Balaban J connectivity index is 2.68. The highest BCUT2D eigenvalue weighted by atomic mass is 16.2. The summed E-state index contributed by atoms with van der Waals surface area (Å²) in [5, 5.41) is 2.88. The van der Waals surface area contributed by atoms with Crippen LogP contribution in [0.25, 0.3) is 0 Å². The summed E-state index contributed by atoms with van der Waals surface area (Å²) in [5.74, 6) is 0. The van der Waals surface area contributed by atoms with E-state index in [0.717, 1.165) is 12.2 Å². The topological polar surface area (TPSA) is 61.6 Å². The fraction of sp³-hybridized carbons (Fsp3) is 0.500. The van der Waals surface area contributed by atoms with Crippen molar-refractivity contribution in [1.82, 2.24) is 9.80 Å². The number of nitrogens with zero attached hydrogens (tertiary/aromatic N) is 2. The Morgan fingerprint density at radius 1 is 1.42 bits per heavy atom. The summed E-state index contributed by atoms with van der Waals surface area (Å²) in [5.41, 5.74) is 7.06. The third-order valence-electron chi connectivity index (χ3n) is 2.90. The van der Waals surface area contributed by atoms with Crippen LogP contribution in [0.4, 0.5) is 16.2 Å². The van der Waals surface area contributed by atoms with E-state index in [1.165, 1.54) is 0 Å². The number of anilines is 2. The lowest BCUT2D eigenvalue weighted by molar-refractivity contribution is 0.181. The number of carbonyl (C=O) groups is 1. The summed E-state index contributed by atoms with van der Waals surface area (Å²) in [6, 6.07) is 7.26. The molecular formula is C14H24N4O. The van der Waals surface area contributed by atoms with Gasteiger partial charge in [0.1, 0.15) is 0 Å². The zero-order valence-electron chi connectivity index (χ0n) is 12.2. The number of benzene rings is 1. The summed E-state index contributed by atoms with van der Waals surface area (Å²) < 4.78 is 0. The van der Waals surface area contributed by atoms with E-state index < -0.39 is 0 Å². The first-order valence-electron chi connectivity index (χ1n) is 6.52. The van der Waals surface area contributed by atoms with Gasteiger partial charge in [0.25, 0.3) is 0 Å². The third-order valence-corrected chi connectivity index (χ3v) is 2.90. The predicted octanol–water partition coefficient (Wildman–Crippen LogP) is 2.07. The highest BCUT2D eigenvalue weighted by Crippen LogP contribution is 2.13. The van der Waals surface area contributed by atoms with Crippen LogP contribution in [0.5, 0.6) is 0 Å². The van der Waals surface area contributed by atoms with Gasteiger partial charge < -0.3 is 20.9 Å². The van der Waals surface area contributed by atoms with Crippen molar-refractivity contribution in [3.05, 3.63) is 24.3 Å². The molecule has 0 saturated heterocycles. The first-order valence-corrected chi connectivity index (χ1v) is 6.52. The number of rotatable bonds is 5. The van der Waals surface area contributed by atoms with Crippen molar-refractivity contribution in [2.75, 3.05) is 38.2 Å². The van der Waals surface area contributed by atoms with Crippen molar-refractivity contribution in [2.45, 2.75) is 19.9 Å². The predicted molar refractivity (Wildman–Crippen MR) is 80.3 cm³/mol. The Morgan fingerprint density at radius 3 is 2.63 bits per heavy atom. The van der Waals surface area contributed by atoms with E-state index in [1.54, 1.807) is 12.1 Å². The minimum atomic E-state index is -0.0950. The molecule has 0 saturated carbocycles. The monoisotopic (exact) mass is 264 g/mol. The van der Waals surface area contributed by atoms with Crippen molar-refractivity contribution >= 4 is 17.4 Å². The van der Waals surface area contributed by atoms with E-state index >= 15 is 0 Å². The maximum absolute atomic E-state index is 12.2. The molecule has 1 unspecified atom stereocenters. The molecule has 0 aliphatic rings. The molecule has 0 spiro atoms. The van der Waals surface area contributed by atoms with Crippen molar-refractivity contribution in [3.8, 4) is 0 Å². The van der Waals surface area contributed by atoms with Crippen molar-refractivity contribution in [1.29, 1.82) is 0 Å². The molecule has 1 aromatic rings. The SMILES string of the molecule is CCN(C(=O)Nc1cccc(N)c1)C(C)CN(C)C. The molecule has 2 amide bonds. The van der Waals surface area contributed by atoms with Gasteiger partial charge in [-0.05, 0) is 46.1 Å². The molecule has 0 bridgehead atoms. The Hall–Kier alpha value is -1.75. The standard InChI is InChI=1S/C14H24N4O/c1-5-18(11(2)10-17(3)4)14(19)16-13-8-6-7-12(15)9-13/h6-9,11H,5,10,15H2,1-4H3,(H,16,19). The molecular weight excluding hydrogens is 240 g/mol. The van der Waals surface area contributed by atoms with Crippen LogP contribution in [0.3, 0.4) is 0 Å². The number of nitrogens with one attached hydrogen (secondary N) is 1. The molecule has 0 aromatic heterocycles. The van der Waals surface area contributed by atoms with Gasteiger partial charge in [-0.1, -0.05) is 6.07 Å². The van der Waals surface area contributed by atoms with Crippen LogP contribution in [-0.4, -0.2) is 49.1 Å². The normalized spacial score (nSPS) is 12.3. The zero-order valence-corrected chi connectivity index (χ0v) is 12.2. The molecule has 5 heteroatoms. The van der Waals surface area contributed by atoms with Crippen LogP contribution in [0.1, 0.15) is 13.8 Å². The van der Waals surface area contributed by atoms with E-state index in [9.17, 15) is 4.79 Å². The van der Waals surface area contributed by atoms with Gasteiger partial charge in [-0.2, -0.15) is 0 Å². The van der Waals surface area contributed by atoms with Gasteiger partial charge >= 0.3 is 6.03 Å². The van der Waals surface area contributed by atoms with Gasteiger partial charge in [-0.3, -0.25) is 0 Å². The lowest BCUT2D eigenvalue weighted by Crippen LogP contribution is -2.45. The van der Waals surface area contributed by atoms with Gasteiger partial charge in [-0.15, -0.1) is 0 Å². The van der Waals surface area contributed by atoms with Crippen LogP contribution in [0.15, 0.2) is 24.3 Å². The molecule has 19 heavy (non-hydrogen) atoms. The van der Waals surface area contributed by atoms with Gasteiger partial charge in [-0.25, -0.2) is 4.79 Å². The van der Waals surface area contributed by atoms with E-state index in [1.807, 2.05) is 45.0 Å². The Kier molecular flexibility index (Phi) is 5.63. The quantitative estimate of drug-likeness (QED) is 0.800. The van der Waals surface area contributed by atoms with Crippen molar-refractivity contribution in [3.63, 3.8) is 0 Å². The second kappa shape index (κ2) is 6.99. The lowest BCUT2D eigenvalue weighted by atomic mass is 10.2. The summed E-state index contributed by atoms with van der Waals surface area (Å²) in [6.45, 7) is 5.52. The third kappa shape index (κ3) is 4.79. The number of carbonyl (C=O) groups excluding carboxylic acids is 1. The minimum absolute atomic E-state index is 0.0950. The molecule has 0 heterocycles. The zero-order chi connectivity index (χ0) is 14.4. The Labute approximate surface area is 115 Å². The molecule has 0 aliphatic heterocycles. The fourth-order valence-electron chi connectivity index (χ4n) is 2.09. The van der Waals surface area contributed by atoms with Crippen LogP contribution in [-0.2, 0) is 0 Å². The average Bonchev–Trinajstić information content (AvgIpc) is 2.28. The van der Waals surface area contributed by atoms with Gasteiger partial charge in [0.05, 0.1) is 0 Å². The van der Waals surface area contributed by atoms with Crippen molar-refractivity contribution < 1.29 is 4.79 Å². The van der Waals surface area contributed by atoms with Crippen LogP contribution in [0, 0.1) is 0 Å². The molecule has 0 radical (unpaired) electrons. The average molecular weight is 264 g/mol. The van der Waals surface area contributed by atoms with E-state index in [4.69, 9.17) is 5.73 Å². The maximum Gasteiger partial charge on any atom is 0.322 e. The summed E-state index contributed by atoms with van der Waals surface area (Å²) in [6.07, 6.45) is 0. The summed E-state index contributed by atoms with van der Waals surface area (Å²) >= 11 is 0.